The van der Waals surface area contributed by atoms with Crippen LogP contribution >= 0.6 is 0 Å². The monoisotopic (exact) mass is 678 g/mol. The van der Waals surface area contributed by atoms with Crippen LogP contribution in [0.1, 0.15) is 0 Å². The molecule has 0 saturated heterocycles. The number of para-hydroxylation sites is 3. The average Bonchev–Trinajstić information content (AvgIpc) is 3.82. The molecule has 0 radical (unpaired) electrons. The molecular weight excluding hydrogens is 649 g/mol. The number of nitrogens with zero attached hydrogens (tertiary/aromatic N) is 2. The van der Waals surface area contributed by atoms with E-state index in [2.05, 4.69) is 150 Å². The smallest absolute Gasteiger partial charge is 0.227 e. The zero-order valence-electron chi connectivity index (χ0n) is 28.5. The minimum atomic E-state index is 0.606. The fraction of sp³-hybridized carbons (Fsp3) is 0. The van der Waals surface area contributed by atoms with E-state index in [4.69, 9.17) is 13.8 Å². The molecule has 2 aromatic heterocycles. The van der Waals surface area contributed by atoms with Gasteiger partial charge in [0.05, 0.1) is 0 Å². The normalized spacial score (nSPS) is 11.8. The fourth-order valence-electron chi connectivity index (χ4n) is 7.79. The third-order valence-corrected chi connectivity index (χ3v) is 10.4. The molecule has 11 aromatic rings. The van der Waals surface area contributed by atoms with E-state index in [0.717, 1.165) is 61.1 Å². The van der Waals surface area contributed by atoms with Crippen molar-refractivity contribution in [3.63, 3.8) is 0 Å². The molecule has 53 heavy (non-hydrogen) atoms. The molecule has 0 aliphatic carbocycles. The highest BCUT2D eigenvalue weighted by Crippen LogP contribution is 2.41. The van der Waals surface area contributed by atoms with Gasteiger partial charge in [-0.3, -0.25) is 0 Å². The molecule has 4 nitrogen and oxygen atoms in total. The van der Waals surface area contributed by atoms with Gasteiger partial charge in [-0.1, -0.05) is 97.1 Å². The lowest BCUT2D eigenvalue weighted by molar-refractivity contribution is 0.620. The van der Waals surface area contributed by atoms with Crippen LogP contribution in [0.3, 0.4) is 0 Å². The molecule has 248 valence electrons. The van der Waals surface area contributed by atoms with Gasteiger partial charge in [-0.2, -0.15) is 0 Å². The summed E-state index contributed by atoms with van der Waals surface area (Å²) in [6.07, 6.45) is 0. The summed E-state index contributed by atoms with van der Waals surface area (Å²) < 4.78 is 12.4. The van der Waals surface area contributed by atoms with Gasteiger partial charge < -0.3 is 13.7 Å². The van der Waals surface area contributed by atoms with Crippen molar-refractivity contribution >= 4 is 82.4 Å². The van der Waals surface area contributed by atoms with Crippen LogP contribution in [0.2, 0.25) is 0 Å². The number of hydrogen-bond acceptors (Lipinski definition) is 4. The SMILES string of the molecule is c1ccc2c(c1)ccc1cc(-c3ccc4cc(N(c5ccc(-c6nc7ccccc7o6)cc5)c5ccc6c(c5)oc5ccccc56)ccc4c3)ccc12. The van der Waals surface area contributed by atoms with Crippen LogP contribution in [0.5, 0.6) is 0 Å². The first kappa shape index (κ1) is 29.5. The summed E-state index contributed by atoms with van der Waals surface area (Å²) in [7, 11) is 0. The lowest BCUT2D eigenvalue weighted by atomic mass is 9.96. The molecule has 0 amide bonds. The second-order valence-corrected chi connectivity index (χ2v) is 13.6. The van der Waals surface area contributed by atoms with E-state index >= 15 is 0 Å². The Hall–Kier alpha value is -7.17. The summed E-state index contributed by atoms with van der Waals surface area (Å²) >= 11 is 0. The Balaban J connectivity index is 1.00. The number of oxazole rings is 1. The molecule has 0 atom stereocenters. The molecule has 11 rings (SSSR count). The zero-order chi connectivity index (χ0) is 34.9. The summed E-state index contributed by atoms with van der Waals surface area (Å²) in [6.45, 7) is 0. The van der Waals surface area contributed by atoms with Gasteiger partial charge >= 0.3 is 0 Å². The predicted octanol–water partition coefficient (Wildman–Crippen LogP) is 14.0. The molecule has 0 aliphatic rings. The zero-order valence-corrected chi connectivity index (χ0v) is 28.5. The Morgan fingerprint density at radius 2 is 0.906 bits per heavy atom. The second kappa shape index (κ2) is 11.7. The first-order valence-corrected chi connectivity index (χ1v) is 17.9. The Bertz CT molecular complexity index is 3160. The van der Waals surface area contributed by atoms with E-state index in [-0.39, 0.29) is 0 Å². The summed E-state index contributed by atoms with van der Waals surface area (Å²) in [4.78, 5) is 7.01. The Morgan fingerprint density at radius 3 is 1.79 bits per heavy atom. The second-order valence-electron chi connectivity index (χ2n) is 13.6. The highest BCUT2D eigenvalue weighted by Gasteiger charge is 2.17. The van der Waals surface area contributed by atoms with Gasteiger partial charge in [-0.25, -0.2) is 4.98 Å². The minimum absolute atomic E-state index is 0.606. The third kappa shape index (κ3) is 4.95. The number of furan rings is 1. The molecule has 4 heteroatoms. The molecule has 0 aliphatic heterocycles. The van der Waals surface area contributed by atoms with Gasteiger partial charge in [-0.15, -0.1) is 0 Å². The van der Waals surface area contributed by atoms with Crippen molar-refractivity contribution in [2.24, 2.45) is 0 Å². The van der Waals surface area contributed by atoms with Crippen molar-refractivity contribution in [1.29, 1.82) is 0 Å². The first-order valence-electron chi connectivity index (χ1n) is 17.9. The molecule has 0 unspecified atom stereocenters. The van der Waals surface area contributed by atoms with Gasteiger partial charge in [0.2, 0.25) is 5.89 Å². The number of anilines is 3. The molecule has 0 saturated carbocycles. The van der Waals surface area contributed by atoms with Crippen LogP contribution in [-0.4, -0.2) is 4.98 Å². The molecule has 0 spiro atoms. The first-order chi connectivity index (χ1) is 26.2. The van der Waals surface area contributed by atoms with Crippen LogP contribution in [0.4, 0.5) is 17.1 Å². The molecule has 0 bridgehead atoms. The average molecular weight is 679 g/mol. The van der Waals surface area contributed by atoms with Gasteiger partial charge in [-0.05, 0) is 122 Å². The summed E-state index contributed by atoms with van der Waals surface area (Å²) in [6, 6.07) is 64.2. The number of hydrogen-bond donors (Lipinski definition) is 0. The quantitative estimate of drug-likeness (QED) is 0.170. The van der Waals surface area contributed by atoms with E-state index in [1.807, 2.05) is 36.4 Å². The maximum atomic E-state index is 6.35. The van der Waals surface area contributed by atoms with Gasteiger partial charge in [0.25, 0.3) is 0 Å². The van der Waals surface area contributed by atoms with E-state index in [0.29, 0.717) is 5.89 Å². The van der Waals surface area contributed by atoms with Crippen molar-refractivity contribution in [3.05, 3.63) is 182 Å². The van der Waals surface area contributed by atoms with Crippen molar-refractivity contribution in [1.82, 2.24) is 4.98 Å². The number of aromatic nitrogens is 1. The van der Waals surface area contributed by atoms with Crippen molar-refractivity contribution < 1.29 is 8.83 Å². The summed E-state index contributed by atoms with van der Waals surface area (Å²) in [5.74, 6) is 0.606. The lowest BCUT2D eigenvalue weighted by Crippen LogP contribution is -2.09. The summed E-state index contributed by atoms with van der Waals surface area (Å²) in [5, 5.41) is 9.64. The predicted molar refractivity (Wildman–Crippen MR) is 219 cm³/mol. The topological polar surface area (TPSA) is 42.4 Å². The van der Waals surface area contributed by atoms with Gasteiger partial charge in [0.15, 0.2) is 5.58 Å². The fourth-order valence-corrected chi connectivity index (χ4v) is 7.79. The van der Waals surface area contributed by atoms with Crippen molar-refractivity contribution in [2.45, 2.75) is 0 Å². The van der Waals surface area contributed by atoms with E-state index < -0.39 is 0 Å². The highest BCUT2D eigenvalue weighted by molar-refractivity contribution is 6.09. The number of benzene rings is 9. The Morgan fingerprint density at radius 1 is 0.340 bits per heavy atom. The largest absolute Gasteiger partial charge is 0.456 e. The van der Waals surface area contributed by atoms with Gasteiger partial charge in [0.1, 0.15) is 16.7 Å². The molecule has 9 aromatic carbocycles. The number of rotatable bonds is 5. The minimum Gasteiger partial charge on any atom is -0.456 e. The van der Waals surface area contributed by atoms with Crippen LogP contribution in [0.25, 0.3) is 87.9 Å². The maximum Gasteiger partial charge on any atom is 0.227 e. The van der Waals surface area contributed by atoms with Crippen LogP contribution in [-0.2, 0) is 0 Å². The van der Waals surface area contributed by atoms with Crippen LogP contribution in [0, 0.1) is 0 Å². The van der Waals surface area contributed by atoms with Crippen molar-refractivity contribution in [2.75, 3.05) is 4.90 Å². The Kier molecular flexibility index (Phi) is 6.52. The Labute approximate surface area is 304 Å². The lowest BCUT2D eigenvalue weighted by Gasteiger charge is -2.26. The van der Waals surface area contributed by atoms with Crippen LogP contribution < -0.4 is 4.90 Å². The van der Waals surface area contributed by atoms with E-state index in [9.17, 15) is 0 Å². The number of fused-ring (bicyclic) bond motifs is 8. The maximum absolute atomic E-state index is 6.35. The van der Waals surface area contributed by atoms with Crippen molar-refractivity contribution in [3.8, 4) is 22.6 Å². The third-order valence-electron chi connectivity index (χ3n) is 10.4. The highest BCUT2D eigenvalue weighted by atomic mass is 16.3. The van der Waals surface area contributed by atoms with E-state index in [1.165, 1.54) is 38.1 Å². The summed E-state index contributed by atoms with van der Waals surface area (Å²) in [5.41, 5.74) is 9.76. The molecule has 0 N–H and O–H groups in total. The standard InChI is InChI=1S/C49H30N2O2/c1-2-8-41-31(7-1)13-16-37-28-35(20-25-42(37)41)33-14-15-36-29-39(23-19-34(36)27-33)51(40-24-26-44-43-9-3-5-11-46(43)52-48(44)30-40)38-21-17-32(18-22-38)49-50-45-10-4-6-12-47(45)53-49/h1-30H. The molecular formula is C49H30N2O2. The molecule has 0 fully saturated rings. The molecule has 2 heterocycles. The van der Waals surface area contributed by atoms with Crippen LogP contribution in [0.15, 0.2) is 191 Å². The van der Waals surface area contributed by atoms with Gasteiger partial charge in [0, 0.05) is 39.5 Å². The van der Waals surface area contributed by atoms with E-state index in [1.54, 1.807) is 0 Å².